The average molecular weight is 411 g/mol. The van der Waals surface area contributed by atoms with Crippen molar-refractivity contribution in [2.24, 2.45) is 0 Å². The van der Waals surface area contributed by atoms with Gasteiger partial charge >= 0.3 is 0 Å². The zero-order chi connectivity index (χ0) is 25.1. The van der Waals surface area contributed by atoms with Gasteiger partial charge in [0.1, 0.15) is 11.2 Å². The monoisotopic (exact) mass is 410 g/mol. The van der Waals surface area contributed by atoms with Crippen molar-refractivity contribution in [2.45, 2.75) is 51.7 Å². The number of aryl methyl sites for hydroxylation is 2. The number of benzene rings is 3. The molecule has 0 aliphatic heterocycles. The van der Waals surface area contributed by atoms with Crippen LogP contribution in [0.25, 0.3) is 44.0 Å². The van der Waals surface area contributed by atoms with Crippen LogP contribution in [0.2, 0.25) is 0 Å². The molecule has 2 aromatic heterocycles. The lowest BCUT2D eigenvalue weighted by molar-refractivity contribution is 0.444. The van der Waals surface area contributed by atoms with Gasteiger partial charge in [-0.3, -0.25) is 4.98 Å². The lowest BCUT2D eigenvalue weighted by atomic mass is 9.83. The summed E-state index contributed by atoms with van der Waals surface area (Å²) in [4.78, 5) is 4.46. The molecule has 1 aliphatic carbocycles. The maximum Gasteiger partial charge on any atom is 0.144 e. The molecule has 154 valence electrons. The van der Waals surface area contributed by atoms with Gasteiger partial charge in [0.05, 0.1) is 5.69 Å². The molecule has 0 saturated heterocycles. The van der Waals surface area contributed by atoms with Gasteiger partial charge in [-0.15, -0.1) is 0 Å². The Morgan fingerprint density at radius 1 is 0.903 bits per heavy atom. The summed E-state index contributed by atoms with van der Waals surface area (Å²) >= 11 is 0. The van der Waals surface area contributed by atoms with Gasteiger partial charge in [0.15, 0.2) is 0 Å². The maximum absolute atomic E-state index is 9.10. The fraction of sp³-hybridized carbons (Fsp3) is 0.276. The molecule has 0 N–H and O–H groups in total. The number of hydrogen-bond donors (Lipinski definition) is 0. The minimum atomic E-state index is -2.31. The topological polar surface area (TPSA) is 26.0 Å². The standard InChI is InChI=1S/C29H27NO/c1-18-15-27(30-17-19(18)2)25-10-6-9-23-24-14-13-21-11-12-22(20-7-4-3-5-8-20)16-26(21)29(24)31-28(23)25/h6,9-17,20H,3-5,7-8H2,1-2H3/i1D,2D3,20D. The van der Waals surface area contributed by atoms with E-state index in [1.165, 1.54) is 12.6 Å². The molecule has 31 heavy (non-hydrogen) atoms. The van der Waals surface area contributed by atoms with Crippen molar-refractivity contribution < 1.29 is 11.3 Å². The molecular weight excluding hydrogens is 378 g/mol. The van der Waals surface area contributed by atoms with Crippen molar-refractivity contribution in [3.8, 4) is 11.3 Å². The molecule has 0 spiro atoms. The van der Waals surface area contributed by atoms with Crippen molar-refractivity contribution in [2.75, 3.05) is 0 Å². The number of nitrogens with zero attached hydrogens (tertiary/aromatic N) is 1. The first kappa shape index (κ1) is 14.0. The lowest BCUT2D eigenvalue weighted by Crippen LogP contribution is -2.04. The van der Waals surface area contributed by atoms with Crippen LogP contribution in [0.4, 0.5) is 0 Å². The molecule has 2 nitrogen and oxygen atoms in total. The second kappa shape index (κ2) is 7.23. The molecule has 1 saturated carbocycles. The normalized spacial score (nSPS) is 19.0. The summed E-state index contributed by atoms with van der Waals surface area (Å²) in [6.07, 6.45) is 6.52. The van der Waals surface area contributed by atoms with Crippen molar-refractivity contribution in [1.29, 1.82) is 0 Å². The summed E-state index contributed by atoms with van der Waals surface area (Å²) < 4.78 is 46.8. The fourth-order valence-electron chi connectivity index (χ4n) is 4.91. The molecule has 6 rings (SSSR count). The van der Waals surface area contributed by atoms with E-state index in [4.69, 9.17) is 11.3 Å². The highest BCUT2D eigenvalue weighted by Gasteiger charge is 2.18. The molecule has 1 aliphatic rings. The first-order valence-corrected chi connectivity index (χ1v) is 11.0. The number of hydrogen-bond acceptors (Lipinski definition) is 2. The molecule has 0 unspecified atom stereocenters. The smallest absolute Gasteiger partial charge is 0.144 e. The van der Waals surface area contributed by atoms with E-state index in [1.54, 1.807) is 6.07 Å². The van der Waals surface area contributed by atoms with Crippen molar-refractivity contribution in [1.82, 2.24) is 4.98 Å². The summed E-state index contributed by atoms with van der Waals surface area (Å²) in [6, 6.07) is 18.1. The van der Waals surface area contributed by atoms with Crippen molar-refractivity contribution in [3.63, 3.8) is 0 Å². The Kier molecular flexibility index (Phi) is 3.27. The predicted molar refractivity (Wildman–Crippen MR) is 130 cm³/mol. The Bertz CT molecular complexity index is 1610. The molecule has 0 bridgehead atoms. The zero-order valence-electron chi connectivity index (χ0n) is 22.4. The predicted octanol–water partition coefficient (Wildman–Crippen LogP) is 8.47. The van der Waals surface area contributed by atoms with Crippen LogP contribution in [0.3, 0.4) is 0 Å². The van der Waals surface area contributed by atoms with Crippen LogP contribution in [0.1, 0.15) is 61.5 Å². The van der Waals surface area contributed by atoms with Crippen molar-refractivity contribution in [3.05, 3.63) is 77.5 Å². The van der Waals surface area contributed by atoms with E-state index in [-0.39, 0.29) is 12.5 Å². The SMILES string of the molecule is [2H]Cc1cc(-c2cccc3c2oc2c4cc(C5([2H])CCCCC5)ccc4ccc32)ncc1C([2H])([2H])[2H]. The molecule has 3 aromatic carbocycles. The Labute approximate surface area is 189 Å². The van der Waals surface area contributed by atoms with E-state index >= 15 is 0 Å². The van der Waals surface area contributed by atoms with Crippen LogP contribution in [0.15, 0.2) is 65.2 Å². The summed E-state index contributed by atoms with van der Waals surface area (Å²) in [5, 5.41) is 4.03. The Hall–Kier alpha value is -3.13. The van der Waals surface area contributed by atoms with Gasteiger partial charge in [0.25, 0.3) is 0 Å². The van der Waals surface area contributed by atoms with Gasteiger partial charge in [-0.05, 0) is 78.8 Å². The molecule has 2 heterocycles. The first-order valence-electron chi connectivity index (χ1n) is 13.7. The quantitative estimate of drug-likeness (QED) is 0.292. The van der Waals surface area contributed by atoms with E-state index in [0.717, 1.165) is 63.9 Å². The maximum atomic E-state index is 9.10. The van der Waals surface area contributed by atoms with Gasteiger partial charge in [0, 0.05) is 34.8 Å². The highest BCUT2D eigenvalue weighted by molar-refractivity contribution is 6.17. The Morgan fingerprint density at radius 3 is 2.65 bits per heavy atom. The van der Waals surface area contributed by atoms with Gasteiger partial charge in [-0.25, -0.2) is 0 Å². The van der Waals surface area contributed by atoms with Crippen LogP contribution in [-0.2, 0) is 0 Å². The van der Waals surface area contributed by atoms with Gasteiger partial charge < -0.3 is 4.42 Å². The summed E-state index contributed by atoms with van der Waals surface area (Å²) in [7, 11) is 0. The van der Waals surface area contributed by atoms with Crippen molar-refractivity contribution >= 4 is 32.7 Å². The van der Waals surface area contributed by atoms with E-state index in [0.29, 0.717) is 16.8 Å². The molecule has 0 atom stereocenters. The third-order valence-electron chi connectivity index (χ3n) is 6.61. The van der Waals surface area contributed by atoms with Gasteiger partial charge in [-0.2, -0.15) is 0 Å². The van der Waals surface area contributed by atoms with Crippen LogP contribution >= 0.6 is 0 Å². The van der Waals surface area contributed by atoms with E-state index in [9.17, 15) is 0 Å². The zero-order valence-corrected chi connectivity index (χ0v) is 17.4. The lowest BCUT2D eigenvalue weighted by Gasteiger charge is -2.22. The van der Waals surface area contributed by atoms with E-state index < -0.39 is 12.7 Å². The van der Waals surface area contributed by atoms with Gasteiger partial charge in [-0.1, -0.05) is 49.6 Å². The fourth-order valence-corrected chi connectivity index (χ4v) is 4.91. The van der Waals surface area contributed by atoms with E-state index in [2.05, 4.69) is 35.3 Å². The molecule has 2 heteroatoms. The number of para-hydroxylation sites is 1. The third-order valence-corrected chi connectivity index (χ3v) is 6.61. The number of pyridine rings is 1. The second-order valence-electron chi connectivity index (χ2n) is 8.55. The number of rotatable bonds is 2. The molecule has 0 amide bonds. The Morgan fingerprint density at radius 2 is 1.77 bits per heavy atom. The van der Waals surface area contributed by atoms with Crippen LogP contribution in [0.5, 0.6) is 0 Å². The minimum absolute atomic E-state index is 0.114. The minimum Gasteiger partial charge on any atom is -0.455 e. The van der Waals surface area contributed by atoms with Crippen LogP contribution in [0, 0.1) is 13.8 Å². The summed E-state index contributed by atoms with van der Waals surface area (Å²) in [5.41, 5.74) is 4.44. The van der Waals surface area contributed by atoms with E-state index in [1.807, 2.05) is 18.2 Å². The molecule has 0 radical (unpaired) electrons. The van der Waals surface area contributed by atoms with Crippen LogP contribution in [-0.4, -0.2) is 4.98 Å². The molecule has 5 aromatic rings. The van der Waals surface area contributed by atoms with Gasteiger partial charge in [0.2, 0.25) is 0 Å². The van der Waals surface area contributed by atoms with Crippen LogP contribution < -0.4 is 0 Å². The Balaban J connectivity index is 1.55. The largest absolute Gasteiger partial charge is 0.455 e. The number of fused-ring (bicyclic) bond motifs is 5. The highest BCUT2D eigenvalue weighted by atomic mass is 16.3. The first-order chi connectivity index (χ1) is 17.3. The molecule has 1 fully saturated rings. The number of aromatic nitrogens is 1. The third kappa shape index (κ3) is 3.05. The number of furan rings is 1. The highest BCUT2D eigenvalue weighted by Crippen LogP contribution is 2.40. The second-order valence-corrected chi connectivity index (χ2v) is 8.55. The molecular formula is C29H27NO. The summed E-state index contributed by atoms with van der Waals surface area (Å²) in [6.45, 7) is -2.45. The summed E-state index contributed by atoms with van der Waals surface area (Å²) in [5.74, 6) is -0.549. The average Bonchev–Trinajstić information content (AvgIpc) is 3.27.